The molecule has 2 rings (SSSR count). The van der Waals surface area contributed by atoms with E-state index in [2.05, 4.69) is 10.5 Å². The van der Waals surface area contributed by atoms with Gasteiger partial charge in [0.25, 0.3) is 0 Å². The maximum atomic E-state index is 11.6. The van der Waals surface area contributed by atoms with Gasteiger partial charge in [-0.3, -0.25) is 15.1 Å². The summed E-state index contributed by atoms with van der Waals surface area (Å²) in [4.78, 5) is 30.2. The van der Waals surface area contributed by atoms with Gasteiger partial charge in [-0.2, -0.15) is 0 Å². The molecule has 8 nitrogen and oxygen atoms in total. The van der Waals surface area contributed by atoms with Gasteiger partial charge in [0.15, 0.2) is 0 Å². The summed E-state index contributed by atoms with van der Waals surface area (Å²) in [5.41, 5.74) is 2.47. The Bertz CT molecular complexity index is 508. The Morgan fingerprint density at radius 3 is 3.00 bits per heavy atom. The Labute approximate surface area is 108 Å². The summed E-state index contributed by atoms with van der Waals surface area (Å²) in [7, 11) is 0. The van der Waals surface area contributed by atoms with Crippen LogP contribution in [0.2, 0.25) is 0 Å². The maximum Gasteiger partial charge on any atom is 0.433 e. The van der Waals surface area contributed by atoms with Gasteiger partial charge >= 0.3 is 11.9 Å². The van der Waals surface area contributed by atoms with Crippen molar-refractivity contribution in [1.29, 1.82) is 0 Å². The molecular weight excluding hydrogens is 254 g/mol. The van der Waals surface area contributed by atoms with Gasteiger partial charge in [0.2, 0.25) is 5.76 Å². The summed E-state index contributed by atoms with van der Waals surface area (Å²) in [6.07, 6.45) is 3.80. The van der Waals surface area contributed by atoms with Crippen LogP contribution in [0, 0.1) is 10.1 Å². The second-order valence-corrected chi connectivity index (χ2v) is 4.03. The molecule has 1 aromatic heterocycles. The molecule has 0 saturated carbocycles. The lowest BCUT2D eigenvalue weighted by atomic mass is 10.2. The highest BCUT2D eigenvalue weighted by Crippen LogP contribution is 2.16. The van der Waals surface area contributed by atoms with Crippen LogP contribution < -0.4 is 5.48 Å². The number of nitrogens with one attached hydrogen (secondary N) is 1. The maximum absolute atomic E-state index is 11.6. The van der Waals surface area contributed by atoms with E-state index in [1.165, 1.54) is 6.07 Å². The number of hydrogen-bond acceptors (Lipinski definition) is 7. The monoisotopic (exact) mass is 267 g/mol. The Kier molecular flexibility index (Phi) is 4.11. The number of carbonyl (C=O) groups excluding carboxylic acids is 1. The molecule has 0 atom stereocenters. The number of aliphatic imine (C=N–C) groups is 1. The van der Waals surface area contributed by atoms with E-state index in [1.807, 2.05) is 0 Å². The van der Waals surface area contributed by atoms with Crippen molar-refractivity contribution in [2.75, 3.05) is 6.54 Å². The van der Waals surface area contributed by atoms with Crippen molar-refractivity contribution in [3.63, 3.8) is 0 Å². The highest BCUT2D eigenvalue weighted by molar-refractivity contribution is 5.89. The first-order chi connectivity index (χ1) is 9.16. The van der Waals surface area contributed by atoms with Crippen molar-refractivity contribution in [3.8, 4) is 0 Å². The Morgan fingerprint density at radius 1 is 1.42 bits per heavy atom. The van der Waals surface area contributed by atoms with E-state index in [0.717, 1.165) is 25.3 Å². The molecule has 19 heavy (non-hydrogen) atoms. The lowest BCUT2D eigenvalue weighted by Crippen LogP contribution is -2.26. The molecule has 0 bridgehead atoms. The average Bonchev–Trinajstić information content (AvgIpc) is 2.75. The fraction of sp³-hybridized carbons (Fsp3) is 0.455. The molecule has 1 aliphatic heterocycles. The van der Waals surface area contributed by atoms with Crippen LogP contribution in [0.4, 0.5) is 5.88 Å². The van der Waals surface area contributed by atoms with E-state index in [4.69, 9.17) is 9.25 Å². The summed E-state index contributed by atoms with van der Waals surface area (Å²) < 4.78 is 4.72. The van der Waals surface area contributed by atoms with Crippen molar-refractivity contribution in [3.05, 3.63) is 28.0 Å². The van der Waals surface area contributed by atoms with Gasteiger partial charge in [0.1, 0.15) is 10.8 Å². The molecule has 1 aromatic rings. The predicted molar refractivity (Wildman–Crippen MR) is 64.7 cm³/mol. The third-order valence-corrected chi connectivity index (χ3v) is 2.61. The van der Waals surface area contributed by atoms with Crippen molar-refractivity contribution in [1.82, 2.24) is 5.48 Å². The number of hydroxylamine groups is 1. The molecular formula is C11H13N3O5. The molecule has 0 saturated heterocycles. The molecule has 0 radical (unpaired) electrons. The van der Waals surface area contributed by atoms with E-state index in [1.54, 1.807) is 0 Å². The van der Waals surface area contributed by atoms with E-state index in [9.17, 15) is 14.9 Å². The van der Waals surface area contributed by atoms with Crippen molar-refractivity contribution >= 4 is 17.7 Å². The zero-order valence-electron chi connectivity index (χ0n) is 10.1. The fourth-order valence-corrected chi connectivity index (χ4v) is 1.65. The molecule has 0 aliphatic carbocycles. The highest BCUT2D eigenvalue weighted by atomic mass is 16.7. The number of carbonyl (C=O) groups is 1. The van der Waals surface area contributed by atoms with Gasteiger partial charge in [-0.15, -0.1) is 0 Å². The van der Waals surface area contributed by atoms with Gasteiger partial charge in [-0.05, 0) is 18.9 Å². The van der Waals surface area contributed by atoms with Crippen LogP contribution in [0.1, 0.15) is 36.2 Å². The first kappa shape index (κ1) is 13.1. The van der Waals surface area contributed by atoms with Gasteiger partial charge in [-0.1, -0.05) is 6.42 Å². The number of nitrogens with zero attached hydrogens (tertiary/aromatic N) is 2. The zero-order chi connectivity index (χ0) is 13.7. The quantitative estimate of drug-likeness (QED) is 0.647. The summed E-state index contributed by atoms with van der Waals surface area (Å²) in [5.74, 6) is -0.945. The smallest absolute Gasteiger partial charge is 0.393 e. The van der Waals surface area contributed by atoms with Crippen molar-refractivity contribution in [2.24, 2.45) is 4.99 Å². The fourth-order valence-electron chi connectivity index (χ4n) is 1.65. The molecule has 1 aliphatic rings. The first-order valence-corrected chi connectivity index (χ1v) is 5.91. The molecule has 1 N–H and O–H groups in total. The van der Waals surface area contributed by atoms with Gasteiger partial charge in [0.05, 0.1) is 6.07 Å². The van der Waals surface area contributed by atoms with E-state index >= 15 is 0 Å². The predicted octanol–water partition coefficient (Wildman–Crippen LogP) is 1.82. The van der Waals surface area contributed by atoms with Crippen molar-refractivity contribution in [2.45, 2.75) is 25.7 Å². The summed E-state index contributed by atoms with van der Waals surface area (Å²) in [5, 5.41) is 10.4. The molecule has 0 unspecified atom stereocenters. The molecule has 0 amide bonds. The first-order valence-electron chi connectivity index (χ1n) is 5.91. The highest BCUT2D eigenvalue weighted by Gasteiger charge is 2.19. The van der Waals surface area contributed by atoms with Crippen LogP contribution in [-0.4, -0.2) is 23.3 Å². The third-order valence-electron chi connectivity index (χ3n) is 2.61. The van der Waals surface area contributed by atoms with E-state index < -0.39 is 16.8 Å². The summed E-state index contributed by atoms with van der Waals surface area (Å²) in [6, 6.07) is 2.29. The minimum absolute atomic E-state index is 0.228. The Balaban J connectivity index is 1.89. The molecule has 2 heterocycles. The van der Waals surface area contributed by atoms with Crippen LogP contribution in [-0.2, 0) is 4.84 Å². The van der Waals surface area contributed by atoms with Gasteiger partial charge in [0, 0.05) is 13.0 Å². The zero-order valence-corrected chi connectivity index (χ0v) is 10.1. The minimum atomic E-state index is -0.819. The van der Waals surface area contributed by atoms with Gasteiger partial charge in [-0.25, -0.2) is 10.3 Å². The average molecular weight is 267 g/mol. The van der Waals surface area contributed by atoms with E-state index in [0.29, 0.717) is 18.8 Å². The number of rotatable bonds is 2. The number of amidine groups is 1. The van der Waals surface area contributed by atoms with Crippen LogP contribution in [0.5, 0.6) is 0 Å². The SMILES string of the molecule is O=C(ONC1=NCCCCC1)c1ccc([N+](=O)[O-])o1. The molecule has 8 heteroatoms. The number of hydrogen-bond donors (Lipinski definition) is 1. The normalized spacial score (nSPS) is 15.3. The molecule has 0 aromatic carbocycles. The second kappa shape index (κ2) is 5.98. The van der Waals surface area contributed by atoms with Gasteiger partial charge < -0.3 is 9.25 Å². The van der Waals surface area contributed by atoms with Crippen LogP contribution in [0.3, 0.4) is 0 Å². The van der Waals surface area contributed by atoms with Crippen LogP contribution in [0.15, 0.2) is 21.5 Å². The van der Waals surface area contributed by atoms with Crippen LogP contribution >= 0.6 is 0 Å². The molecule has 0 fully saturated rings. The van der Waals surface area contributed by atoms with Crippen molar-refractivity contribution < 1.29 is 19.0 Å². The largest absolute Gasteiger partial charge is 0.433 e. The Hall–Kier alpha value is -2.38. The Morgan fingerprint density at radius 2 is 2.26 bits per heavy atom. The molecule has 102 valence electrons. The lowest BCUT2D eigenvalue weighted by molar-refractivity contribution is -0.402. The lowest BCUT2D eigenvalue weighted by Gasteiger charge is -2.06. The van der Waals surface area contributed by atoms with E-state index in [-0.39, 0.29) is 5.76 Å². The van der Waals surface area contributed by atoms with Crippen LogP contribution in [0.25, 0.3) is 0 Å². The number of furan rings is 1. The number of nitro groups is 1. The second-order valence-electron chi connectivity index (χ2n) is 4.03. The third kappa shape index (κ3) is 3.54. The summed E-state index contributed by atoms with van der Waals surface area (Å²) >= 11 is 0. The summed E-state index contributed by atoms with van der Waals surface area (Å²) in [6.45, 7) is 0.701. The molecule has 0 spiro atoms. The standard InChI is InChI=1S/C11H13N3O5/c15-11(8-5-6-10(18-8)14(16)17)19-13-9-4-2-1-3-7-12-9/h5-6H,1-4,7H2,(H,12,13). The minimum Gasteiger partial charge on any atom is -0.393 e. The topological polar surface area (TPSA) is 107 Å².